The van der Waals surface area contributed by atoms with Crippen LogP contribution in [0, 0.1) is 0 Å². The summed E-state index contributed by atoms with van der Waals surface area (Å²) in [6, 6.07) is 0. The highest BCUT2D eigenvalue weighted by Gasteiger charge is 2.37. The Balaban J connectivity index is 2.36. The molecule has 0 amide bonds. The first-order valence-electron chi connectivity index (χ1n) is 5.17. The number of halogens is 1. The van der Waals surface area contributed by atoms with Crippen molar-refractivity contribution in [1.82, 2.24) is 10.3 Å². The summed E-state index contributed by atoms with van der Waals surface area (Å²) in [6.45, 7) is 0.727. The van der Waals surface area contributed by atoms with E-state index in [1.807, 2.05) is 6.26 Å². The fourth-order valence-electron chi connectivity index (χ4n) is 2.29. The Bertz CT molecular complexity index is 589. The molecule has 3 rings (SSSR count). The molecule has 0 radical (unpaired) electrons. The van der Waals surface area contributed by atoms with Gasteiger partial charge in [0.25, 0.3) is 5.78 Å². The molecule has 2 heterocycles. The van der Waals surface area contributed by atoms with Crippen molar-refractivity contribution in [2.75, 3.05) is 12.8 Å². The van der Waals surface area contributed by atoms with Crippen molar-refractivity contribution < 1.29 is 9.59 Å². The Morgan fingerprint density at radius 1 is 1.29 bits per heavy atom. The van der Waals surface area contributed by atoms with Gasteiger partial charge in [0.2, 0.25) is 5.78 Å². The van der Waals surface area contributed by atoms with Gasteiger partial charge < -0.3 is 10.3 Å². The topological polar surface area (TPSA) is 62.0 Å². The van der Waals surface area contributed by atoms with Crippen LogP contribution in [-0.4, -0.2) is 29.4 Å². The third-order valence-electron chi connectivity index (χ3n) is 3.05. The van der Waals surface area contributed by atoms with E-state index in [1.54, 1.807) is 11.8 Å². The first-order chi connectivity index (χ1) is 8.15. The Hall–Kier alpha value is -1.20. The number of carbonyl (C=O) groups is 2. The highest BCUT2D eigenvalue weighted by Crippen LogP contribution is 2.38. The Labute approximate surface area is 107 Å². The van der Waals surface area contributed by atoms with E-state index in [2.05, 4.69) is 10.3 Å². The van der Waals surface area contributed by atoms with Gasteiger partial charge in [0.05, 0.1) is 10.7 Å². The van der Waals surface area contributed by atoms with Gasteiger partial charge in [-0.1, -0.05) is 11.6 Å². The number of hydrogen-bond donors (Lipinski definition) is 2. The summed E-state index contributed by atoms with van der Waals surface area (Å²) in [4.78, 5) is 26.6. The second kappa shape index (κ2) is 3.65. The molecule has 0 saturated heterocycles. The van der Waals surface area contributed by atoms with Crippen molar-refractivity contribution in [1.29, 1.82) is 0 Å². The average molecular weight is 269 g/mol. The van der Waals surface area contributed by atoms with Crippen molar-refractivity contribution >= 4 is 40.6 Å². The summed E-state index contributed by atoms with van der Waals surface area (Å²) >= 11 is 7.48. The lowest BCUT2D eigenvalue weighted by Gasteiger charge is -2.23. The molecule has 2 aliphatic rings. The second-order valence-electron chi connectivity index (χ2n) is 3.91. The normalized spacial score (nSPS) is 18.2. The van der Waals surface area contributed by atoms with E-state index in [0.29, 0.717) is 11.4 Å². The van der Waals surface area contributed by atoms with Gasteiger partial charge in [0.1, 0.15) is 10.7 Å². The van der Waals surface area contributed by atoms with Crippen LogP contribution in [0.15, 0.2) is 10.1 Å². The van der Waals surface area contributed by atoms with Crippen LogP contribution >= 0.6 is 23.4 Å². The highest BCUT2D eigenvalue weighted by atomic mass is 35.5. The van der Waals surface area contributed by atoms with Crippen LogP contribution in [0.5, 0.6) is 0 Å². The number of thioether (sulfide) groups is 1. The number of aromatic nitrogens is 1. The summed E-state index contributed by atoms with van der Waals surface area (Å²) in [7, 11) is 0. The van der Waals surface area contributed by atoms with Crippen LogP contribution < -0.4 is 5.32 Å². The van der Waals surface area contributed by atoms with E-state index in [0.717, 1.165) is 29.1 Å². The number of H-pyrrole nitrogens is 1. The fraction of sp³-hybridized carbons (Fsp3) is 0.273. The summed E-state index contributed by atoms with van der Waals surface area (Å²) in [5.74, 6) is -1.18. The Kier molecular flexibility index (Phi) is 2.34. The third-order valence-corrected chi connectivity index (χ3v) is 4.16. The quantitative estimate of drug-likeness (QED) is 0.599. The number of carbonyl (C=O) groups excluding carboxylic acids is 2. The zero-order chi connectivity index (χ0) is 12.2. The average Bonchev–Trinajstić information content (AvgIpc) is 2.73. The smallest absolute Gasteiger partial charge is 0.251 e. The summed E-state index contributed by atoms with van der Waals surface area (Å²) in [5.41, 5.74) is 2.85. The molecule has 0 bridgehead atoms. The zero-order valence-corrected chi connectivity index (χ0v) is 10.6. The molecule has 0 unspecified atom stereocenters. The van der Waals surface area contributed by atoms with Crippen molar-refractivity contribution in [3.8, 4) is 0 Å². The van der Waals surface area contributed by atoms with Gasteiger partial charge in [0.15, 0.2) is 0 Å². The van der Waals surface area contributed by atoms with Crippen LogP contribution in [0.1, 0.15) is 21.6 Å². The molecule has 17 heavy (non-hydrogen) atoms. The molecule has 1 aromatic rings. The molecule has 1 aliphatic heterocycles. The van der Waals surface area contributed by atoms with E-state index < -0.39 is 11.6 Å². The van der Waals surface area contributed by atoms with Crippen LogP contribution in [0.3, 0.4) is 0 Å². The molecule has 88 valence electrons. The molecule has 0 atom stereocenters. The minimum absolute atomic E-state index is 0.00935. The van der Waals surface area contributed by atoms with E-state index >= 15 is 0 Å². The van der Waals surface area contributed by atoms with Gasteiger partial charge >= 0.3 is 0 Å². The first-order valence-corrected chi connectivity index (χ1v) is 6.77. The predicted octanol–water partition coefficient (Wildman–Crippen LogP) is 1.56. The lowest BCUT2D eigenvalue weighted by atomic mass is 9.92. The van der Waals surface area contributed by atoms with E-state index in [-0.39, 0.29) is 5.03 Å². The molecule has 6 heteroatoms. The van der Waals surface area contributed by atoms with E-state index in [4.69, 9.17) is 11.6 Å². The number of Topliss-reactive ketones (excluding diaryl/α,β-unsaturated/α-hetero) is 2. The second-order valence-corrected chi connectivity index (χ2v) is 5.11. The van der Waals surface area contributed by atoms with Crippen molar-refractivity contribution in [2.45, 2.75) is 11.4 Å². The van der Waals surface area contributed by atoms with Gasteiger partial charge in [-0.2, -0.15) is 0 Å². The number of aromatic amines is 1. The lowest BCUT2D eigenvalue weighted by molar-refractivity contribution is -0.111. The third kappa shape index (κ3) is 1.32. The van der Waals surface area contributed by atoms with Crippen molar-refractivity contribution in [3.05, 3.63) is 21.9 Å². The number of hydrogen-bond acceptors (Lipinski definition) is 4. The molecular formula is C11H9ClN2O2S. The minimum atomic E-state index is -0.635. The van der Waals surface area contributed by atoms with Crippen LogP contribution in [0.4, 0.5) is 0 Å². The number of nitrogens with one attached hydrogen (secondary N) is 2. The number of rotatable bonds is 1. The van der Waals surface area contributed by atoms with Crippen molar-refractivity contribution in [2.24, 2.45) is 0 Å². The molecule has 4 nitrogen and oxygen atoms in total. The van der Waals surface area contributed by atoms with Gasteiger partial charge in [-0.25, -0.2) is 0 Å². The molecule has 0 fully saturated rings. The highest BCUT2D eigenvalue weighted by molar-refractivity contribution is 7.98. The maximum absolute atomic E-state index is 11.9. The lowest BCUT2D eigenvalue weighted by Crippen LogP contribution is -2.31. The monoisotopic (exact) mass is 268 g/mol. The number of allylic oxidation sites excluding steroid dienone is 1. The molecular weight excluding hydrogens is 260 g/mol. The molecule has 1 aliphatic carbocycles. The number of ketones is 2. The predicted molar refractivity (Wildman–Crippen MR) is 66.4 cm³/mol. The zero-order valence-electron chi connectivity index (χ0n) is 9.02. The van der Waals surface area contributed by atoms with Crippen molar-refractivity contribution in [3.63, 3.8) is 0 Å². The first kappa shape index (κ1) is 10.9. The SMILES string of the molecule is CSc1[nH]c2c3c1CCNC3=C(Cl)C(=O)C2=O. The van der Waals surface area contributed by atoms with E-state index in [9.17, 15) is 9.59 Å². The minimum Gasteiger partial charge on any atom is -0.383 e. The Morgan fingerprint density at radius 3 is 2.76 bits per heavy atom. The summed E-state index contributed by atoms with van der Waals surface area (Å²) in [5, 5.41) is 4.06. The van der Waals surface area contributed by atoms with Gasteiger partial charge in [0, 0.05) is 12.1 Å². The largest absolute Gasteiger partial charge is 0.383 e. The van der Waals surface area contributed by atoms with Crippen LogP contribution in [0.25, 0.3) is 5.70 Å². The Morgan fingerprint density at radius 2 is 2.06 bits per heavy atom. The molecule has 0 saturated carbocycles. The van der Waals surface area contributed by atoms with Crippen LogP contribution in [-0.2, 0) is 11.2 Å². The van der Waals surface area contributed by atoms with E-state index in [1.165, 1.54) is 0 Å². The van der Waals surface area contributed by atoms with Gasteiger partial charge in [-0.15, -0.1) is 11.8 Å². The summed E-state index contributed by atoms with van der Waals surface area (Å²) in [6.07, 6.45) is 2.77. The maximum atomic E-state index is 11.9. The van der Waals surface area contributed by atoms with Crippen LogP contribution in [0.2, 0.25) is 0 Å². The molecule has 0 spiro atoms. The van der Waals surface area contributed by atoms with Gasteiger partial charge in [-0.05, 0) is 18.2 Å². The molecule has 1 aromatic heterocycles. The molecule has 2 N–H and O–H groups in total. The standard InChI is InChI=1S/C11H9ClN2O2S/c1-17-11-4-2-3-13-7-5(4)8(14-11)10(16)9(15)6(7)12/h13-14H,2-3H2,1H3. The molecule has 0 aromatic carbocycles. The fourth-order valence-corrected chi connectivity index (χ4v) is 3.19. The van der Waals surface area contributed by atoms with Gasteiger partial charge in [-0.3, -0.25) is 9.59 Å². The maximum Gasteiger partial charge on any atom is 0.251 e. The summed E-state index contributed by atoms with van der Waals surface area (Å²) < 4.78 is 0.